The topological polar surface area (TPSA) is 81.2 Å². The molecule has 1 aromatic heterocycles. The smallest absolute Gasteiger partial charge is 0.210 e. The molecule has 0 unspecified atom stereocenters. The first-order chi connectivity index (χ1) is 15.5. The summed E-state index contributed by atoms with van der Waals surface area (Å²) >= 11 is 6.77. The van der Waals surface area contributed by atoms with E-state index in [2.05, 4.69) is 4.98 Å². The van der Waals surface area contributed by atoms with E-state index in [4.69, 9.17) is 11.6 Å². The van der Waals surface area contributed by atoms with Gasteiger partial charge in [-0.1, -0.05) is 41.9 Å². The van der Waals surface area contributed by atoms with E-state index in [1.807, 2.05) is 0 Å². The monoisotopic (exact) mass is 521 g/mol. The predicted octanol–water partition coefficient (Wildman–Crippen LogP) is 5.65. The van der Waals surface area contributed by atoms with E-state index in [1.54, 1.807) is 42.5 Å². The second-order valence-corrected chi connectivity index (χ2v) is 12.9. The van der Waals surface area contributed by atoms with E-state index in [-0.39, 0.29) is 20.7 Å². The maximum absolute atomic E-state index is 13.5. The molecule has 4 aromatic rings. The number of hydrogen-bond acceptors (Lipinski definition) is 6. The number of rotatable bonds is 6. The SMILES string of the molecule is CS(=O)(=O)c1ccccc1-c1sc(S(=O)(=O)Cc2ccc(Cl)cc2)nc1-c1ccc(F)cc1. The van der Waals surface area contributed by atoms with Crippen molar-refractivity contribution < 1.29 is 21.2 Å². The van der Waals surface area contributed by atoms with Crippen molar-refractivity contribution >= 4 is 42.6 Å². The normalized spacial score (nSPS) is 12.1. The third kappa shape index (κ3) is 5.16. The van der Waals surface area contributed by atoms with Gasteiger partial charge in [0, 0.05) is 22.4 Å². The van der Waals surface area contributed by atoms with Crippen LogP contribution in [0.15, 0.2) is 82.0 Å². The fourth-order valence-corrected chi connectivity index (χ4v) is 7.12. The van der Waals surface area contributed by atoms with Gasteiger partial charge < -0.3 is 0 Å². The summed E-state index contributed by atoms with van der Waals surface area (Å²) in [6.07, 6.45) is 1.09. The van der Waals surface area contributed by atoms with Gasteiger partial charge in [0.2, 0.25) is 14.2 Å². The lowest BCUT2D eigenvalue weighted by molar-refractivity contribution is 0.594. The Morgan fingerprint density at radius 2 is 1.55 bits per heavy atom. The molecule has 0 aliphatic rings. The summed E-state index contributed by atoms with van der Waals surface area (Å²) in [5, 5.41) is 0.490. The van der Waals surface area contributed by atoms with Crippen LogP contribution in [0.5, 0.6) is 0 Å². The molecule has 10 heteroatoms. The Labute approximate surface area is 200 Å². The van der Waals surface area contributed by atoms with E-state index in [9.17, 15) is 21.2 Å². The van der Waals surface area contributed by atoms with E-state index < -0.39 is 25.5 Å². The first-order valence-electron chi connectivity index (χ1n) is 9.58. The molecule has 0 amide bonds. The van der Waals surface area contributed by atoms with Gasteiger partial charge in [0.05, 0.1) is 21.2 Å². The number of sulfone groups is 2. The molecular weight excluding hydrogens is 505 g/mol. The highest BCUT2D eigenvalue weighted by atomic mass is 35.5. The molecule has 0 atom stereocenters. The van der Waals surface area contributed by atoms with Gasteiger partial charge in [-0.25, -0.2) is 26.2 Å². The number of benzene rings is 3. The van der Waals surface area contributed by atoms with Gasteiger partial charge in [-0.2, -0.15) is 0 Å². The summed E-state index contributed by atoms with van der Waals surface area (Å²) < 4.78 is 64.5. The molecule has 0 fully saturated rings. The van der Waals surface area contributed by atoms with Crippen LogP contribution in [0.1, 0.15) is 5.56 Å². The molecule has 0 aliphatic heterocycles. The molecule has 0 bridgehead atoms. The second-order valence-electron chi connectivity index (χ2n) is 7.32. The van der Waals surface area contributed by atoms with Crippen LogP contribution in [0.25, 0.3) is 21.7 Å². The zero-order valence-corrected chi connectivity index (χ0v) is 20.4. The van der Waals surface area contributed by atoms with Crippen LogP contribution in [0.3, 0.4) is 0 Å². The van der Waals surface area contributed by atoms with Crippen LogP contribution in [0, 0.1) is 5.82 Å². The molecule has 0 N–H and O–H groups in total. The van der Waals surface area contributed by atoms with Crippen LogP contribution < -0.4 is 0 Å². The predicted molar refractivity (Wildman–Crippen MR) is 128 cm³/mol. The minimum atomic E-state index is -3.86. The van der Waals surface area contributed by atoms with E-state index >= 15 is 0 Å². The Hall–Kier alpha value is -2.59. The molecule has 4 rings (SSSR count). The second kappa shape index (κ2) is 8.98. The van der Waals surface area contributed by atoms with E-state index in [0.29, 0.717) is 26.6 Å². The van der Waals surface area contributed by atoms with Gasteiger partial charge in [0.15, 0.2) is 9.84 Å². The molecule has 5 nitrogen and oxygen atoms in total. The molecule has 3 aromatic carbocycles. The Morgan fingerprint density at radius 3 is 2.18 bits per heavy atom. The minimum Gasteiger partial charge on any atom is -0.224 e. The lowest BCUT2D eigenvalue weighted by Crippen LogP contribution is -2.04. The molecule has 33 heavy (non-hydrogen) atoms. The zero-order chi connectivity index (χ0) is 23.8. The highest BCUT2D eigenvalue weighted by Gasteiger charge is 2.27. The maximum atomic E-state index is 13.5. The summed E-state index contributed by atoms with van der Waals surface area (Å²) in [6.45, 7) is 0. The van der Waals surface area contributed by atoms with Crippen molar-refractivity contribution in [2.24, 2.45) is 0 Å². The Bertz CT molecular complexity index is 1530. The third-order valence-electron chi connectivity index (χ3n) is 4.79. The minimum absolute atomic E-state index is 0.0543. The van der Waals surface area contributed by atoms with Crippen molar-refractivity contribution in [3.63, 3.8) is 0 Å². The standard InChI is InChI=1S/C23H17ClFNO4S3/c1-32(27,28)20-5-3-2-4-19(20)22-21(16-8-12-18(25)13-9-16)26-23(31-22)33(29,30)14-15-6-10-17(24)11-7-15/h2-13H,14H2,1H3. The van der Waals surface area contributed by atoms with Crippen LogP contribution in [-0.4, -0.2) is 28.1 Å². The average molecular weight is 522 g/mol. The number of thiazole rings is 1. The number of hydrogen-bond donors (Lipinski definition) is 0. The number of nitrogens with zero attached hydrogens (tertiary/aromatic N) is 1. The van der Waals surface area contributed by atoms with Crippen molar-refractivity contribution in [2.45, 2.75) is 15.0 Å². The fraction of sp³-hybridized carbons (Fsp3) is 0.0870. The largest absolute Gasteiger partial charge is 0.224 e. The van der Waals surface area contributed by atoms with Crippen LogP contribution in [-0.2, 0) is 25.4 Å². The Kier molecular flexibility index (Phi) is 6.41. The van der Waals surface area contributed by atoms with Gasteiger partial charge in [-0.15, -0.1) is 11.3 Å². The maximum Gasteiger partial charge on any atom is 0.210 e. The average Bonchev–Trinajstić information content (AvgIpc) is 3.22. The van der Waals surface area contributed by atoms with Crippen LogP contribution in [0.4, 0.5) is 4.39 Å². The number of halogens is 2. The van der Waals surface area contributed by atoms with Gasteiger partial charge in [0.25, 0.3) is 0 Å². The summed E-state index contributed by atoms with van der Waals surface area (Å²) in [6, 6.07) is 18.2. The molecular formula is C23H17ClFNO4S3. The van der Waals surface area contributed by atoms with Crippen molar-refractivity contribution in [1.82, 2.24) is 4.98 Å². The zero-order valence-electron chi connectivity index (χ0n) is 17.2. The number of aromatic nitrogens is 1. The van der Waals surface area contributed by atoms with Crippen LogP contribution >= 0.6 is 22.9 Å². The van der Waals surface area contributed by atoms with Gasteiger partial charge in [-0.05, 0) is 48.0 Å². The first kappa shape index (κ1) is 23.6. The molecule has 0 spiro atoms. The van der Waals surface area contributed by atoms with E-state index in [0.717, 1.165) is 17.6 Å². The van der Waals surface area contributed by atoms with Crippen molar-refractivity contribution in [2.75, 3.05) is 6.26 Å². The lowest BCUT2D eigenvalue weighted by Gasteiger charge is -2.08. The third-order valence-corrected chi connectivity index (χ3v) is 9.43. The highest BCUT2D eigenvalue weighted by Crippen LogP contribution is 2.41. The van der Waals surface area contributed by atoms with E-state index in [1.165, 1.54) is 30.3 Å². The van der Waals surface area contributed by atoms with Crippen molar-refractivity contribution in [3.8, 4) is 21.7 Å². The van der Waals surface area contributed by atoms with Crippen molar-refractivity contribution in [3.05, 3.63) is 89.2 Å². The molecule has 0 aliphatic carbocycles. The molecule has 0 saturated heterocycles. The molecule has 170 valence electrons. The summed E-state index contributed by atoms with van der Waals surface area (Å²) in [5.41, 5.74) is 1.62. The summed E-state index contributed by atoms with van der Waals surface area (Å²) in [4.78, 5) is 4.81. The first-order valence-corrected chi connectivity index (χ1v) is 14.3. The molecule has 0 radical (unpaired) electrons. The molecule has 0 saturated carbocycles. The summed E-state index contributed by atoms with van der Waals surface area (Å²) in [7, 11) is -7.47. The van der Waals surface area contributed by atoms with Crippen LogP contribution in [0.2, 0.25) is 5.02 Å². The Balaban J connectivity index is 1.90. The quantitative estimate of drug-likeness (QED) is 0.327. The Morgan fingerprint density at radius 1 is 0.909 bits per heavy atom. The van der Waals surface area contributed by atoms with Crippen molar-refractivity contribution in [1.29, 1.82) is 0 Å². The van der Waals surface area contributed by atoms with Gasteiger partial charge in [-0.3, -0.25) is 0 Å². The molecule has 1 heterocycles. The lowest BCUT2D eigenvalue weighted by atomic mass is 10.1. The summed E-state index contributed by atoms with van der Waals surface area (Å²) in [5.74, 6) is -0.754. The van der Waals surface area contributed by atoms with Gasteiger partial charge in [0.1, 0.15) is 5.82 Å². The fourth-order valence-electron chi connectivity index (χ4n) is 3.26. The van der Waals surface area contributed by atoms with Gasteiger partial charge >= 0.3 is 0 Å². The highest BCUT2D eigenvalue weighted by molar-refractivity contribution is 7.92.